The largest absolute Gasteiger partial charge is 0.245 e. The normalized spacial score (nSPS) is 12.9. The Labute approximate surface area is 321 Å². The third kappa shape index (κ3) is 4.94. The summed E-state index contributed by atoms with van der Waals surface area (Å²) in [5, 5.41) is 10.3. The molecule has 0 aliphatic carbocycles. The Bertz CT molecular complexity index is 3050. The standard InChI is InChI=1S/C52H34N2Si/c1-3-17-41(18-4-1)55(42-19-5-2-6-20-42)49-24-10-9-22-45(49)46-34-39(29-32-50(46)55)38-15-11-16-40(33-38)47-30-27-36-25-26-37-28-31-48(54-52(37)51(36)53-47)44-23-12-14-35-13-7-8-21-43(35)44/h1-34H. The topological polar surface area (TPSA) is 25.8 Å². The molecule has 10 aromatic rings. The molecule has 2 aromatic heterocycles. The van der Waals surface area contributed by atoms with Crippen molar-refractivity contribution in [3.63, 3.8) is 0 Å². The van der Waals surface area contributed by atoms with E-state index in [9.17, 15) is 0 Å². The van der Waals surface area contributed by atoms with E-state index in [0.717, 1.165) is 44.3 Å². The van der Waals surface area contributed by atoms with Gasteiger partial charge in [-0.05, 0) is 78.0 Å². The highest BCUT2D eigenvalue weighted by molar-refractivity contribution is 7.22. The minimum Gasteiger partial charge on any atom is -0.245 e. The number of fused-ring (bicyclic) bond motifs is 7. The van der Waals surface area contributed by atoms with E-state index in [1.165, 1.54) is 53.8 Å². The minimum atomic E-state index is -2.52. The van der Waals surface area contributed by atoms with E-state index in [1.54, 1.807) is 0 Å². The van der Waals surface area contributed by atoms with E-state index in [2.05, 4.69) is 206 Å². The summed E-state index contributed by atoms with van der Waals surface area (Å²) in [5.74, 6) is 0. The molecule has 0 unspecified atom stereocenters. The van der Waals surface area contributed by atoms with Gasteiger partial charge in [0.2, 0.25) is 0 Å². The van der Waals surface area contributed by atoms with Gasteiger partial charge in [0.25, 0.3) is 0 Å². The maximum atomic E-state index is 5.32. The monoisotopic (exact) mass is 714 g/mol. The summed E-state index contributed by atoms with van der Waals surface area (Å²) in [5.41, 5.74) is 11.0. The Morgan fingerprint density at radius 3 is 1.64 bits per heavy atom. The van der Waals surface area contributed by atoms with E-state index in [-0.39, 0.29) is 0 Å². The number of rotatable bonds is 5. The van der Waals surface area contributed by atoms with Gasteiger partial charge in [0.15, 0.2) is 8.07 Å². The fourth-order valence-corrected chi connectivity index (χ4v) is 14.2. The average molecular weight is 715 g/mol. The van der Waals surface area contributed by atoms with Crippen molar-refractivity contribution in [3.8, 4) is 44.8 Å². The molecule has 3 heterocycles. The minimum absolute atomic E-state index is 0.916. The summed E-state index contributed by atoms with van der Waals surface area (Å²) >= 11 is 0. The summed E-state index contributed by atoms with van der Waals surface area (Å²) in [4.78, 5) is 10.6. The first kappa shape index (κ1) is 31.6. The first-order valence-electron chi connectivity index (χ1n) is 18.9. The second kappa shape index (κ2) is 12.6. The molecule has 1 aliphatic rings. The Balaban J connectivity index is 1.03. The molecular formula is C52H34N2Si. The number of aromatic nitrogens is 2. The van der Waals surface area contributed by atoms with Crippen LogP contribution >= 0.6 is 0 Å². The van der Waals surface area contributed by atoms with Gasteiger partial charge < -0.3 is 0 Å². The van der Waals surface area contributed by atoms with Gasteiger partial charge >= 0.3 is 0 Å². The highest BCUT2D eigenvalue weighted by atomic mass is 28.3. The average Bonchev–Trinajstić information content (AvgIpc) is 3.57. The molecule has 0 saturated carbocycles. The first-order chi connectivity index (χ1) is 27.3. The van der Waals surface area contributed by atoms with Crippen LogP contribution in [-0.4, -0.2) is 18.0 Å². The molecule has 0 fully saturated rings. The lowest BCUT2D eigenvalue weighted by Crippen LogP contribution is -2.72. The maximum Gasteiger partial charge on any atom is 0.180 e. The Morgan fingerprint density at radius 1 is 0.309 bits per heavy atom. The highest BCUT2D eigenvalue weighted by Gasteiger charge is 2.48. The van der Waals surface area contributed by atoms with Crippen molar-refractivity contribution >= 4 is 61.4 Å². The van der Waals surface area contributed by atoms with Gasteiger partial charge in [-0.15, -0.1) is 0 Å². The summed E-state index contributed by atoms with van der Waals surface area (Å²) in [6, 6.07) is 75.3. The molecular weight excluding hydrogens is 681 g/mol. The van der Waals surface area contributed by atoms with Crippen LogP contribution in [0.4, 0.5) is 0 Å². The van der Waals surface area contributed by atoms with Crippen LogP contribution in [0.2, 0.25) is 0 Å². The van der Waals surface area contributed by atoms with E-state index in [0.29, 0.717) is 0 Å². The fourth-order valence-electron chi connectivity index (χ4n) is 9.01. The van der Waals surface area contributed by atoms with Crippen LogP contribution in [0, 0.1) is 0 Å². The lowest BCUT2D eigenvalue weighted by Gasteiger charge is -2.31. The van der Waals surface area contributed by atoms with Crippen LogP contribution in [0.25, 0.3) is 77.3 Å². The second-order valence-corrected chi connectivity index (χ2v) is 18.2. The third-order valence-corrected chi connectivity index (χ3v) is 16.4. The molecule has 8 aromatic carbocycles. The number of nitrogens with zero attached hydrogens (tertiary/aromatic N) is 2. The second-order valence-electron chi connectivity index (χ2n) is 14.5. The van der Waals surface area contributed by atoms with E-state index < -0.39 is 8.07 Å². The zero-order chi connectivity index (χ0) is 36.3. The van der Waals surface area contributed by atoms with Crippen LogP contribution in [-0.2, 0) is 0 Å². The van der Waals surface area contributed by atoms with Crippen molar-refractivity contribution in [1.29, 1.82) is 0 Å². The molecule has 0 saturated heterocycles. The summed E-state index contributed by atoms with van der Waals surface area (Å²) < 4.78 is 0. The zero-order valence-corrected chi connectivity index (χ0v) is 31.0. The number of hydrogen-bond donors (Lipinski definition) is 0. The van der Waals surface area contributed by atoms with Crippen LogP contribution in [0.15, 0.2) is 206 Å². The molecule has 0 N–H and O–H groups in total. The lowest BCUT2D eigenvalue weighted by molar-refractivity contribution is 1.37. The molecule has 0 bridgehead atoms. The SMILES string of the molecule is c1ccc([Si]2(c3ccccc3)c3ccccc3-c3cc(-c4cccc(-c5ccc6ccc7ccc(-c8cccc9ccccc89)nc7c6n5)c4)ccc32)cc1. The van der Waals surface area contributed by atoms with Crippen molar-refractivity contribution in [1.82, 2.24) is 9.97 Å². The molecule has 11 rings (SSSR count). The Kier molecular flexibility index (Phi) is 7.22. The predicted molar refractivity (Wildman–Crippen MR) is 233 cm³/mol. The van der Waals surface area contributed by atoms with Gasteiger partial charge in [-0.1, -0.05) is 182 Å². The number of benzene rings is 8. The Hall–Kier alpha value is -6.94. The van der Waals surface area contributed by atoms with Crippen LogP contribution in [0.3, 0.4) is 0 Å². The number of hydrogen-bond acceptors (Lipinski definition) is 2. The molecule has 0 spiro atoms. The van der Waals surface area contributed by atoms with Crippen LogP contribution in [0.1, 0.15) is 0 Å². The van der Waals surface area contributed by atoms with Gasteiger partial charge in [-0.2, -0.15) is 0 Å². The van der Waals surface area contributed by atoms with Crippen molar-refractivity contribution in [2.45, 2.75) is 0 Å². The quantitative estimate of drug-likeness (QED) is 0.131. The van der Waals surface area contributed by atoms with Gasteiger partial charge in [-0.25, -0.2) is 9.97 Å². The van der Waals surface area contributed by atoms with Gasteiger partial charge in [-0.3, -0.25) is 0 Å². The molecule has 0 amide bonds. The molecule has 55 heavy (non-hydrogen) atoms. The molecule has 3 heteroatoms. The van der Waals surface area contributed by atoms with Crippen molar-refractivity contribution < 1.29 is 0 Å². The Morgan fingerprint density at radius 2 is 0.855 bits per heavy atom. The third-order valence-electron chi connectivity index (χ3n) is 11.5. The van der Waals surface area contributed by atoms with Gasteiger partial charge in [0.1, 0.15) is 0 Å². The summed E-state index contributed by atoms with van der Waals surface area (Å²) in [7, 11) is -2.52. The van der Waals surface area contributed by atoms with E-state index in [1.807, 2.05) is 0 Å². The van der Waals surface area contributed by atoms with Crippen molar-refractivity contribution in [2.24, 2.45) is 0 Å². The van der Waals surface area contributed by atoms with Crippen LogP contribution in [0.5, 0.6) is 0 Å². The summed E-state index contributed by atoms with van der Waals surface area (Å²) in [6.07, 6.45) is 0. The molecule has 2 nitrogen and oxygen atoms in total. The maximum absolute atomic E-state index is 5.32. The first-order valence-corrected chi connectivity index (χ1v) is 20.9. The molecule has 1 aliphatic heterocycles. The number of pyridine rings is 2. The summed E-state index contributed by atoms with van der Waals surface area (Å²) in [6.45, 7) is 0. The van der Waals surface area contributed by atoms with Crippen molar-refractivity contribution in [2.75, 3.05) is 0 Å². The predicted octanol–water partition coefficient (Wildman–Crippen LogP) is 10.3. The molecule has 256 valence electrons. The van der Waals surface area contributed by atoms with Gasteiger partial charge in [0.05, 0.1) is 22.4 Å². The van der Waals surface area contributed by atoms with Crippen LogP contribution < -0.4 is 20.7 Å². The van der Waals surface area contributed by atoms with E-state index >= 15 is 0 Å². The van der Waals surface area contributed by atoms with Crippen molar-refractivity contribution in [3.05, 3.63) is 206 Å². The fraction of sp³-hybridized carbons (Fsp3) is 0. The smallest absolute Gasteiger partial charge is 0.180 e. The molecule has 0 atom stereocenters. The van der Waals surface area contributed by atoms with E-state index in [4.69, 9.17) is 9.97 Å². The lowest BCUT2D eigenvalue weighted by atomic mass is 9.97. The highest BCUT2D eigenvalue weighted by Crippen LogP contribution is 2.35. The zero-order valence-electron chi connectivity index (χ0n) is 30.0. The molecule has 0 radical (unpaired) electrons. The van der Waals surface area contributed by atoms with Gasteiger partial charge in [0, 0.05) is 21.9 Å².